The Bertz CT molecular complexity index is 1520. The first-order valence-electron chi connectivity index (χ1n) is 12.3. The maximum atomic E-state index is 12.8. The Kier molecular flexibility index (Phi) is 6.86. The van der Waals surface area contributed by atoms with Crippen molar-refractivity contribution < 1.29 is 14.4 Å². The van der Waals surface area contributed by atoms with Gasteiger partial charge in [0.2, 0.25) is 5.91 Å². The van der Waals surface area contributed by atoms with Crippen molar-refractivity contribution in [1.29, 1.82) is 0 Å². The molecule has 0 saturated heterocycles. The molecule has 0 bridgehead atoms. The predicted octanol–water partition coefficient (Wildman–Crippen LogP) is 5.42. The summed E-state index contributed by atoms with van der Waals surface area (Å²) in [6.07, 6.45) is 0. The minimum atomic E-state index is -0.330. The molecule has 0 spiro atoms. The monoisotopic (exact) mass is 525 g/mol. The molecule has 1 aliphatic rings. The van der Waals surface area contributed by atoms with Gasteiger partial charge in [-0.2, -0.15) is 0 Å². The topological polar surface area (TPSA) is 97.2 Å². The van der Waals surface area contributed by atoms with E-state index in [1.807, 2.05) is 44.4 Å². The lowest BCUT2D eigenvalue weighted by Gasteiger charge is -2.14. The molecule has 4 aromatic rings. The van der Waals surface area contributed by atoms with Crippen LogP contribution in [-0.4, -0.2) is 38.2 Å². The largest absolute Gasteiger partial charge is 0.325 e. The van der Waals surface area contributed by atoms with Crippen LogP contribution in [-0.2, 0) is 11.3 Å². The lowest BCUT2D eigenvalue weighted by Crippen LogP contribution is -2.29. The maximum Gasteiger partial charge on any atom is 0.266 e. The second-order valence-corrected chi connectivity index (χ2v) is 10.1. The zero-order chi connectivity index (χ0) is 27.0. The minimum absolute atomic E-state index is 0.109. The molecular weight excluding hydrogens is 498 g/mol. The minimum Gasteiger partial charge on any atom is -0.325 e. The number of hydrogen-bond acceptors (Lipinski definition) is 6. The third-order valence-electron chi connectivity index (χ3n) is 6.48. The van der Waals surface area contributed by atoms with Crippen molar-refractivity contribution >= 4 is 40.9 Å². The number of benzene rings is 3. The number of anilines is 2. The van der Waals surface area contributed by atoms with Crippen LogP contribution in [0.4, 0.5) is 11.4 Å². The number of nitrogens with zero attached hydrogens (tertiary/aromatic N) is 4. The molecule has 0 fully saturated rings. The number of rotatable bonds is 7. The van der Waals surface area contributed by atoms with Gasteiger partial charge in [-0.05, 0) is 75.2 Å². The van der Waals surface area contributed by atoms with Gasteiger partial charge < -0.3 is 9.88 Å². The highest BCUT2D eigenvalue weighted by Gasteiger charge is 2.36. The molecule has 3 aromatic carbocycles. The summed E-state index contributed by atoms with van der Waals surface area (Å²) in [5.41, 5.74) is 6.17. The standard InChI is InChI=1S/C29H27N5O3S/c1-5-33-26(31-32-29(33)38-16-24(35)30-25-18(3)14-17(2)15-19(25)4)20-10-12-21(13-11-20)34-27(36)22-8-6-7-9-23(22)28(34)37/h6-15H,5,16H2,1-4H3,(H,30,35). The summed E-state index contributed by atoms with van der Waals surface area (Å²) in [5, 5.41) is 12.3. The Morgan fingerprint density at radius 1 is 0.895 bits per heavy atom. The average molecular weight is 526 g/mol. The molecule has 1 aliphatic heterocycles. The van der Waals surface area contributed by atoms with Crippen LogP contribution in [0.15, 0.2) is 65.8 Å². The van der Waals surface area contributed by atoms with Crippen LogP contribution >= 0.6 is 11.8 Å². The third-order valence-corrected chi connectivity index (χ3v) is 7.45. The summed E-state index contributed by atoms with van der Waals surface area (Å²) < 4.78 is 1.94. The molecule has 192 valence electrons. The van der Waals surface area contributed by atoms with Gasteiger partial charge in [0.1, 0.15) is 0 Å². The molecule has 0 unspecified atom stereocenters. The van der Waals surface area contributed by atoms with Crippen LogP contribution in [0.25, 0.3) is 11.4 Å². The van der Waals surface area contributed by atoms with Gasteiger partial charge in [-0.3, -0.25) is 14.4 Å². The van der Waals surface area contributed by atoms with Crippen LogP contribution in [0.3, 0.4) is 0 Å². The Hall–Kier alpha value is -4.24. The summed E-state index contributed by atoms with van der Waals surface area (Å²) in [7, 11) is 0. The number of nitrogens with one attached hydrogen (secondary N) is 1. The van der Waals surface area contributed by atoms with Gasteiger partial charge in [-0.15, -0.1) is 10.2 Å². The SMILES string of the molecule is CCn1c(SCC(=O)Nc2c(C)cc(C)cc2C)nnc1-c1ccc(N2C(=O)c3ccccc3C2=O)cc1. The number of imide groups is 1. The predicted molar refractivity (Wildman–Crippen MR) is 149 cm³/mol. The highest BCUT2D eigenvalue weighted by molar-refractivity contribution is 7.99. The van der Waals surface area contributed by atoms with Gasteiger partial charge in [-0.25, -0.2) is 4.90 Å². The average Bonchev–Trinajstić information content (AvgIpc) is 3.43. The van der Waals surface area contributed by atoms with E-state index in [2.05, 4.69) is 27.6 Å². The Morgan fingerprint density at radius 2 is 1.50 bits per heavy atom. The molecule has 1 N–H and O–H groups in total. The van der Waals surface area contributed by atoms with Crippen molar-refractivity contribution in [3.05, 3.63) is 88.5 Å². The maximum absolute atomic E-state index is 12.8. The molecule has 1 aromatic heterocycles. The fourth-order valence-corrected chi connectivity index (χ4v) is 5.56. The highest BCUT2D eigenvalue weighted by atomic mass is 32.2. The second-order valence-electron chi connectivity index (χ2n) is 9.20. The first-order chi connectivity index (χ1) is 18.3. The summed E-state index contributed by atoms with van der Waals surface area (Å²) in [6.45, 7) is 8.62. The fourth-order valence-electron chi connectivity index (χ4n) is 4.76. The fraction of sp³-hybridized carbons (Fsp3) is 0.207. The number of amides is 3. The number of carbonyl (C=O) groups excluding carboxylic acids is 3. The molecule has 0 radical (unpaired) electrons. The molecule has 9 heteroatoms. The molecule has 3 amide bonds. The zero-order valence-corrected chi connectivity index (χ0v) is 22.4. The molecule has 38 heavy (non-hydrogen) atoms. The van der Waals surface area contributed by atoms with E-state index in [0.29, 0.717) is 34.3 Å². The van der Waals surface area contributed by atoms with E-state index < -0.39 is 0 Å². The quantitative estimate of drug-likeness (QED) is 0.256. The van der Waals surface area contributed by atoms with Gasteiger partial charge in [0.25, 0.3) is 11.8 Å². The Labute approximate surface area is 225 Å². The first kappa shape index (κ1) is 25.4. The van der Waals surface area contributed by atoms with E-state index in [1.54, 1.807) is 36.4 Å². The van der Waals surface area contributed by atoms with E-state index in [9.17, 15) is 14.4 Å². The number of aromatic nitrogens is 3. The van der Waals surface area contributed by atoms with Crippen molar-refractivity contribution in [3.63, 3.8) is 0 Å². The Morgan fingerprint density at radius 3 is 2.08 bits per heavy atom. The molecular formula is C29H27N5O3S. The first-order valence-corrected chi connectivity index (χ1v) is 13.3. The van der Waals surface area contributed by atoms with Crippen molar-refractivity contribution in [2.24, 2.45) is 0 Å². The normalized spacial score (nSPS) is 12.7. The third kappa shape index (κ3) is 4.61. The van der Waals surface area contributed by atoms with Gasteiger partial charge in [0, 0.05) is 17.8 Å². The Balaban J connectivity index is 1.30. The smallest absolute Gasteiger partial charge is 0.266 e. The highest BCUT2D eigenvalue weighted by Crippen LogP contribution is 2.31. The van der Waals surface area contributed by atoms with E-state index in [0.717, 1.165) is 27.9 Å². The lowest BCUT2D eigenvalue weighted by atomic mass is 10.1. The van der Waals surface area contributed by atoms with Crippen LogP contribution in [0, 0.1) is 20.8 Å². The van der Waals surface area contributed by atoms with Gasteiger partial charge in [0.05, 0.1) is 22.6 Å². The van der Waals surface area contributed by atoms with Crippen LogP contribution in [0.2, 0.25) is 0 Å². The molecule has 0 saturated carbocycles. The second kappa shape index (κ2) is 10.3. The summed E-state index contributed by atoms with van der Waals surface area (Å²) >= 11 is 1.33. The van der Waals surface area contributed by atoms with E-state index >= 15 is 0 Å². The van der Waals surface area contributed by atoms with E-state index in [-0.39, 0.29) is 23.5 Å². The van der Waals surface area contributed by atoms with Crippen LogP contribution < -0.4 is 10.2 Å². The molecule has 2 heterocycles. The number of fused-ring (bicyclic) bond motifs is 1. The van der Waals surface area contributed by atoms with Crippen molar-refractivity contribution in [1.82, 2.24) is 14.8 Å². The van der Waals surface area contributed by atoms with Crippen molar-refractivity contribution in [2.45, 2.75) is 39.4 Å². The number of hydrogen-bond donors (Lipinski definition) is 1. The molecule has 0 aliphatic carbocycles. The number of carbonyl (C=O) groups is 3. The van der Waals surface area contributed by atoms with E-state index in [4.69, 9.17) is 0 Å². The summed E-state index contributed by atoms with van der Waals surface area (Å²) in [5.74, 6) is 0.0760. The zero-order valence-electron chi connectivity index (χ0n) is 21.6. The summed E-state index contributed by atoms with van der Waals surface area (Å²) in [6, 6.07) is 18.0. The summed E-state index contributed by atoms with van der Waals surface area (Å²) in [4.78, 5) is 39.5. The van der Waals surface area contributed by atoms with Crippen LogP contribution in [0.5, 0.6) is 0 Å². The van der Waals surface area contributed by atoms with Gasteiger partial charge >= 0.3 is 0 Å². The number of aryl methyl sites for hydroxylation is 3. The number of thioether (sulfide) groups is 1. The molecule has 8 nitrogen and oxygen atoms in total. The van der Waals surface area contributed by atoms with Gasteiger partial charge in [0.15, 0.2) is 11.0 Å². The van der Waals surface area contributed by atoms with Crippen molar-refractivity contribution in [3.8, 4) is 11.4 Å². The van der Waals surface area contributed by atoms with Crippen molar-refractivity contribution in [2.75, 3.05) is 16.0 Å². The van der Waals surface area contributed by atoms with E-state index in [1.165, 1.54) is 16.7 Å². The molecule has 0 atom stereocenters. The van der Waals surface area contributed by atoms with Crippen LogP contribution in [0.1, 0.15) is 44.3 Å². The molecule has 5 rings (SSSR count). The lowest BCUT2D eigenvalue weighted by molar-refractivity contribution is -0.113. The van der Waals surface area contributed by atoms with Gasteiger partial charge in [-0.1, -0.05) is 41.6 Å².